The van der Waals surface area contributed by atoms with Gasteiger partial charge in [-0.05, 0) is 88.3 Å². The van der Waals surface area contributed by atoms with Gasteiger partial charge in [0.1, 0.15) is 5.76 Å². The fourth-order valence-electron chi connectivity index (χ4n) is 6.71. The maximum Gasteiger partial charge on any atom is 0.339 e. The van der Waals surface area contributed by atoms with Gasteiger partial charge in [0.15, 0.2) is 23.2 Å². The third kappa shape index (κ3) is 5.10. The molecule has 2 N–H and O–H groups in total. The molecule has 4 aliphatic rings. The number of fused-ring (bicyclic) bond motifs is 3. The van der Waals surface area contributed by atoms with Crippen LogP contribution >= 0.6 is 0 Å². The number of ether oxygens (including phenoxy) is 5. The number of esters is 2. The van der Waals surface area contributed by atoms with E-state index in [1.54, 1.807) is 21.0 Å². The summed E-state index contributed by atoms with van der Waals surface area (Å²) in [4.78, 5) is 28.4. The quantitative estimate of drug-likeness (QED) is 0.448. The molecule has 214 valence electrons. The molecule has 0 unspecified atom stereocenters. The van der Waals surface area contributed by atoms with Gasteiger partial charge < -0.3 is 33.9 Å². The Kier molecular flexibility index (Phi) is 7.32. The van der Waals surface area contributed by atoms with Crippen LogP contribution in [0.15, 0.2) is 24.0 Å². The van der Waals surface area contributed by atoms with Gasteiger partial charge in [0, 0.05) is 6.54 Å². The van der Waals surface area contributed by atoms with E-state index >= 15 is 0 Å². The first-order chi connectivity index (χ1) is 18.5. The van der Waals surface area contributed by atoms with Crippen molar-refractivity contribution in [3.8, 4) is 11.5 Å². The normalized spacial score (nSPS) is 27.0. The molecule has 1 saturated heterocycles. The molecule has 10 nitrogen and oxygen atoms in total. The van der Waals surface area contributed by atoms with E-state index in [0.29, 0.717) is 30.1 Å². The number of hydrogen-bond acceptors (Lipinski definition) is 10. The summed E-state index contributed by atoms with van der Waals surface area (Å²) >= 11 is 0. The lowest BCUT2D eigenvalue weighted by molar-refractivity contribution is -0.178. The molecule has 3 aliphatic heterocycles. The highest BCUT2D eigenvalue weighted by molar-refractivity contribution is 5.86. The minimum absolute atomic E-state index is 0.0686. The summed E-state index contributed by atoms with van der Waals surface area (Å²) in [6, 6.07) is 4.00. The van der Waals surface area contributed by atoms with Crippen LogP contribution in [-0.2, 0) is 30.2 Å². The average Bonchev–Trinajstić information content (AvgIpc) is 3.56. The van der Waals surface area contributed by atoms with E-state index in [1.807, 2.05) is 12.1 Å². The molecule has 1 aromatic rings. The van der Waals surface area contributed by atoms with Crippen molar-refractivity contribution in [2.24, 2.45) is 0 Å². The van der Waals surface area contributed by atoms with Gasteiger partial charge in [-0.25, -0.2) is 4.79 Å². The van der Waals surface area contributed by atoms with E-state index < -0.39 is 41.2 Å². The number of hydrogen-bond donors (Lipinski definition) is 2. The second-order valence-corrected chi connectivity index (χ2v) is 11.7. The predicted molar refractivity (Wildman–Crippen MR) is 139 cm³/mol. The van der Waals surface area contributed by atoms with Crippen LogP contribution in [-0.4, -0.2) is 84.0 Å². The molecule has 1 aromatic carbocycles. The van der Waals surface area contributed by atoms with Crippen molar-refractivity contribution in [2.45, 2.75) is 87.6 Å². The van der Waals surface area contributed by atoms with Gasteiger partial charge in [-0.3, -0.25) is 9.69 Å². The number of rotatable bonds is 9. The number of aliphatic hydroxyl groups is 2. The van der Waals surface area contributed by atoms with Crippen LogP contribution in [0.5, 0.6) is 11.5 Å². The largest absolute Gasteiger partial charge is 0.497 e. The number of carbonyl (C=O) groups is 2. The molecule has 4 atom stereocenters. The Bertz CT molecular complexity index is 1160. The first-order valence-corrected chi connectivity index (χ1v) is 13.7. The van der Waals surface area contributed by atoms with Crippen molar-refractivity contribution in [3.63, 3.8) is 0 Å². The van der Waals surface area contributed by atoms with E-state index in [0.717, 1.165) is 43.5 Å². The maximum absolute atomic E-state index is 13.8. The summed E-state index contributed by atoms with van der Waals surface area (Å²) in [7, 11) is 2.76. The summed E-state index contributed by atoms with van der Waals surface area (Å²) in [5.74, 6) is -0.0645. The summed E-state index contributed by atoms with van der Waals surface area (Å²) < 4.78 is 28.1. The molecule has 1 aliphatic carbocycles. The SMILES string of the molecule is COC(=O)C[C@](O)(CCCC(C)(C)O)C(=O)O[C@@H]1C(OC)=C[C@@]23CCCN2CCc2cc4c(cc2[C@H]13)OCO4. The van der Waals surface area contributed by atoms with Crippen LogP contribution in [0.2, 0.25) is 0 Å². The van der Waals surface area contributed by atoms with Crippen molar-refractivity contribution >= 4 is 11.9 Å². The molecular formula is C29H39NO9. The zero-order chi connectivity index (χ0) is 28.0. The molecule has 0 saturated carbocycles. The number of benzene rings is 1. The molecule has 1 spiro atoms. The highest BCUT2D eigenvalue weighted by atomic mass is 16.7. The van der Waals surface area contributed by atoms with Crippen LogP contribution < -0.4 is 9.47 Å². The van der Waals surface area contributed by atoms with Crippen molar-refractivity contribution in [3.05, 3.63) is 35.1 Å². The van der Waals surface area contributed by atoms with E-state index in [2.05, 4.69) is 11.0 Å². The second kappa shape index (κ2) is 10.3. The standard InChI is InChI=1S/C29H39NO9/c1-27(2,33)8-5-10-29(34,16-23(31)36-4)26(32)39-25-22(35-3)15-28-9-6-11-30(28)12-7-18-13-20-21(38-17-37-20)14-19(18)24(25)28/h13-15,24-25,33-34H,5-12,16-17H2,1-4H3/t24-,25-,28-,29-/m1/s1. The van der Waals surface area contributed by atoms with Gasteiger partial charge in [0.2, 0.25) is 6.79 Å². The molecule has 1 fully saturated rings. The number of nitrogens with zero attached hydrogens (tertiary/aromatic N) is 1. The Hall–Kier alpha value is -2.82. The molecule has 39 heavy (non-hydrogen) atoms. The van der Waals surface area contributed by atoms with Gasteiger partial charge in [-0.1, -0.05) is 0 Å². The van der Waals surface area contributed by atoms with Crippen molar-refractivity contribution < 1.29 is 43.5 Å². The monoisotopic (exact) mass is 545 g/mol. The van der Waals surface area contributed by atoms with Crippen molar-refractivity contribution in [1.82, 2.24) is 4.90 Å². The zero-order valence-electron chi connectivity index (χ0n) is 23.2. The maximum atomic E-state index is 13.8. The lowest BCUT2D eigenvalue weighted by Crippen LogP contribution is -2.49. The third-order valence-electron chi connectivity index (χ3n) is 8.62. The molecule has 10 heteroatoms. The Morgan fingerprint density at radius 2 is 1.87 bits per heavy atom. The van der Waals surface area contributed by atoms with Crippen LogP contribution in [0.4, 0.5) is 0 Å². The van der Waals surface area contributed by atoms with E-state index in [1.165, 1.54) is 7.11 Å². The Morgan fingerprint density at radius 1 is 1.13 bits per heavy atom. The van der Waals surface area contributed by atoms with Crippen molar-refractivity contribution in [1.29, 1.82) is 0 Å². The first-order valence-electron chi connectivity index (χ1n) is 13.7. The molecule has 0 bridgehead atoms. The van der Waals surface area contributed by atoms with Gasteiger partial charge in [-0.15, -0.1) is 0 Å². The van der Waals surface area contributed by atoms with Gasteiger partial charge in [-0.2, -0.15) is 0 Å². The lowest BCUT2D eigenvalue weighted by Gasteiger charge is -2.39. The Morgan fingerprint density at radius 3 is 2.56 bits per heavy atom. The van der Waals surface area contributed by atoms with E-state index in [4.69, 9.17) is 23.7 Å². The topological polar surface area (TPSA) is 124 Å². The summed E-state index contributed by atoms with van der Waals surface area (Å²) in [6.07, 6.45) is 3.94. The van der Waals surface area contributed by atoms with E-state index in [9.17, 15) is 19.8 Å². The van der Waals surface area contributed by atoms with Crippen molar-refractivity contribution in [2.75, 3.05) is 34.1 Å². The molecule has 3 heterocycles. The van der Waals surface area contributed by atoms with Crippen LogP contribution in [0.1, 0.15) is 69.4 Å². The van der Waals surface area contributed by atoms with Crippen LogP contribution in [0.3, 0.4) is 0 Å². The van der Waals surface area contributed by atoms with Crippen LogP contribution in [0.25, 0.3) is 0 Å². The molecule has 0 radical (unpaired) electrons. The van der Waals surface area contributed by atoms with Gasteiger partial charge in [0.25, 0.3) is 0 Å². The van der Waals surface area contributed by atoms with Crippen LogP contribution in [0, 0.1) is 0 Å². The molecule has 5 rings (SSSR count). The molecule has 0 amide bonds. The highest BCUT2D eigenvalue weighted by Crippen LogP contribution is 2.55. The lowest BCUT2D eigenvalue weighted by atomic mass is 9.77. The summed E-state index contributed by atoms with van der Waals surface area (Å²) in [5, 5.41) is 21.6. The highest BCUT2D eigenvalue weighted by Gasteiger charge is 2.59. The minimum atomic E-state index is -2.12. The third-order valence-corrected chi connectivity index (χ3v) is 8.62. The average molecular weight is 546 g/mol. The fourth-order valence-corrected chi connectivity index (χ4v) is 6.71. The molecule has 0 aromatic heterocycles. The fraction of sp³-hybridized carbons (Fsp3) is 0.655. The van der Waals surface area contributed by atoms with Gasteiger partial charge in [0.05, 0.1) is 37.7 Å². The smallest absolute Gasteiger partial charge is 0.339 e. The predicted octanol–water partition coefficient (Wildman–Crippen LogP) is 2.58. The summed E-state index contributed by atoms with van der Waals surface area (Å²) in [6.45, 7) is 5.21. The Balaban J connectivity index is 1.50. The first kappa shape index (κ1) is 27.7. The summed E-state index contributed by atoms with van der Waals surface area (Å²) in [5.41, 5.74) is -1.42. The zero-order valence-corrected chi connectivity index (χ0v) is 23.2. The Labute approximate surface area is 228 Å². The van der Waals surface area contributed by atoms with E-state index in [-0.39, 0.29) is 19.1 Å². The number of carbonyl (C=O) groups excluding carboxylic acids is 2. The molecular weight excluding hydrogens is 506 g/mol. The minimum Gasteiger partial charge on any atom is -0.497 e. The second-order valence-electron chi connectivity index (χ2n) is 11.7. The number of methoxy groups -OCH3 is 2. The van der Waals surface area contributed by atoms with Gasteiger partial charge >= 0.3 is 11.9 Å².